The molecule has 0 aliphatic carbocycles. The Balaban J connectivity index is 3.16. The van der Waals surface area contributed by atoms with Gasteiger partial charge < -0.3 is 5.11 Å². The van der Waals surface area contributed by atoms with Crippen molar-refractivity contribution in [2.24, 2.45) is 0 Å². The van der Waals surface area contributed by atoms with Crippen molar-refractivity contribution in [3.8, 4) is 0 Å². The third-order valence-corrected chi connectivity index (χ3v) is 2.16. The van der Waals surface area contributed by atoms with Crippen molar-refractivity contribution in [2.75, 3.05) is 5.75 Å². The zero-order valence-corrected chi connectivity index (χ0v) is 8.15. The lowest BCUT2D eigenvalue weighted by Crippen LogP contribution is -2.02. The van der Waals surface area contributed by atoms with Gasteiger partial charge in [-0.05, 0) is 25.0 Å². The van der Waals surface area contributed by atoms with E-state index in [4.69, 9.17) is 5.11 Å². The minimum atomic E-state index is -0.726. The Bertz CT molecular complexity index is 117. The first-order chi connectivity index (χ1) is 5.16. The fraction of sp³-hybridized carbons (Fsp3) is 0.857. The fourth-order valence-corrected chi connectivity index (χ4v) is 1.61. The highest BCUT2D eigenvalue weighted by Gasteiger charge is 2.03. The van der Waals surface area contributed by atoms with E-state index in [1.807, 2.05) is 0 Å². The second-order valence-electron chi connectivity index (χ2n) is 2.45. The summed E-state index contributed by atoms with van der Waals surface area (Å²) in [6.07, 6.45) is 2.79. The summed E-state index contributed by atoms with van der Waals surface area (Å²) in [7, 11) is 0. The number of hydrogen-bond acceptors (Lipinski definition) is 3. The molecule has 0 heterocycles. The maximum absolute atomic E-state index is 10.1. The van der Waals surface area contributed by atoms with Gasteiger partial charge in [0.05, 0.1) is 0 Å². The van der Waals surface area contributed by atoms with Gasteiger partial charge in [-0.3, -0.25) is 4.79 Å². The highest BCUT2D eigenvalue weighted by molar-refractivity contribution is 7.81. The summed E-state index contributed by atoms with van der Waals surface area (Å²) in [6.45, 7) is 0. The van der Waals surface area contributed by atoms with E-state index < -0.39 is 5.97 Å². The number of carboxylic acids is 1. The Morgan fingerprint density at radius 3 is 2.55 bits per heavy atom. The molecule has 4 heteroatoms. The molecule has 11 heavy (non-hydrogen) atoms. The Kier molecular flexibility index (Phi) is 6.96. The summed E-state index contributed by atoms with van der Waals surface area (Å²) in [5.74, 6) is 0.0951. The number of thiol groups is 2. The van der Waals surface area contributed by atoms with Crippen LogP contribution in [0.15, 0.2) is 0 Å². The van der Waals surface area contributed by atoms with E-state index in [9.17, 15) is 4.79 Å². The largest absolute Gasteiger partial charge is 0.481 e. The van der Waals surface area contributed by atoms with Crippen LogP contribution in [0.4, 0.5) is 0 Å². The van der Waals surface area contributed by atoms with Gasteiger partial charge >= 0.3 is 5.97 Å². The van der Waals surface area contributed by atoms with Crippen molar-refractivity contribution in [2.45, 2.75) is 30.9 Å². The van der Waals surface area contributed by atoms with Gasteiger partial charge in [-0.1, -0.05) is 0 Å². The molecule has 0 aromatic carbocycles. The highest BCUT2D eigenvalue weighted by atomic mass is 32.1. The first-order valence-electron chi connectivity index (χ1n) is 3.67. The molecule has 0 radical (unpaired) electrons. The van der Waals surface area contributed by atoms with Crippen molar-refractivity contribution in [1.82, 2.24) is 0 Å². The van der Waals surface area contributed by atoms with Crippen LogP contribution in [0, 0.1) is 0 Å². The van der Waals surface area contributed by atoms with Gasteiger partial charge in [-0.2, -0.15) is 25.3 Å². The number of rotatable bonds is 6. The monoisotopic (exact) mass is 194 g/mol. The van der Waals surface area contributed by atoms with E-state index in [-0.39, 0.29) is 6.42 Å². The number of hydrogen-bond donors (Lipinski definition) is 3. The van der Waals surface area contributed by atoms with E-state index >= 15 is 0 Å². The van der Waals surface area contributed by atoms with Gasteiger partial charge in [0.1, 0.15) is 0 Å². The molecular formula is C7H14O2S2. The van der Waals surface area contributed by atoms with Gasteiger partial charge in [-0.25, -0.2) is 0 Å². The second kappa shape index (κ2) is 6.85. The van der Waals surface area contributed by atoms with E-state index in [2.05, 4.69) is 25.3 Å². The lowest BCUT2D eigenvalue weighted by atomic mass is 10.1. The molecule has 0 aromatic rings. The van der Waals surface area contributed by atoms with Gasteiger partial charge in [0.15, 0.2) is 0 Å². The fourth-order valence-electron chi connectivity index (χ4n) is 0.782. The predicted octanol–water partition coefficient (Wildman–Crippen LogP) is 1.86. The summed E-state index contributed by atoms with van der Waals surface area (Å²) in [4.78, 5) is 10.1. The van der Waals surface area contributed by atoms with Crippen LogP contribution in [-0.2, 0) is 4.79 Å². The molecule has 0 unspecified atom stereocenters. The van der Waals surface area contributed by atoms with Gasteiger partial charge in [-0.15, -0.1) is 0 Å². The predicted molar refractivity (Wildman–Crippen MR) is 52.7 cm³/mol. The second-order valence-corrected chi connectivity index (χ2v) is 3.63. The summed E-state index contributed by atoms with van der Waals surface area (Å²) < 4.78 is 0. The Labute approximate surface area is 78.2 Å². The third-order valence-electron chi connectivity index (χ3n) is 1.39. The molecular weight excluding hydrogens is 180 g/mol. The average molecular weight is 194 g/mol. The first kappa shape index (κ1) is 11.2. The van der Waals surface area contributed by atoms with Crippen molar-refractivity contribution < 1.29 is 9.90 Å². The van der Waals surface area contributed by atoms with Crippen molar-refractivity contribution in [3.63, 3.8) is 0 Å². The quantitative estimate of drug-likeness (QED) is 0.565. The zero-order valence-electron chi connectivity index (χ0n) is 6.36. The number of aliphatic carboxylic acids is 1. The molecule has 0 saturated carbocycles. The van der Waals surface area contributed by atoms with Crippen molar-refractivity contribution in [3.05, 3.63) is 0 Å². The molecule has 0 amide bonds. The van der Waals surface area contributed by atoms with Gasteiger partial charge in [0, 0.05) is 11.7 Å². The first-order valence-corrected chi connectivity index (χ1v) is 4.82. The molecule has 0 bridgehead atoms. The third kappa shape index (κ3) is 8.07. The average Bonchev–Trinajstić information content (AvgIpc) is 1.87. The molecule has 2 nitrogen and oxygen atoms in total. The van der Waals surface area contributed by atoms with Crippen molar-refractivity contribution in [1.29, 1.82) is 0 Å². The molecule has 0 fully saturated rings. The molecule has 0 saturated heterocycles. The topological polar surface area (TPSA) is 37.3 Å². The maximum atomic E-state index is 10.1. The molecule has 0 aliphatic rings. The van der Waals surface area contributed by atoms with Crippen LogP contribution in [0.5, 0.6) is 0 Å². The lowest BCUT2D eigenvalue weighted by molar-refractivity contribution is -0.137. The minimum absolute atomic E-state index is 0.254. The molecule has 0 spiro atoms. The summed E-state index contributed by atoms with van der Waals surface area (Å²) >= 11 is 8.33. The van der Waals surface area contributed by atoms with Gasteiger partial charge in [0.25, 0.3) is 0 Å². The summed E-state index contributed by atoms with van der Waals surface area (Å²) in [5, 5.41) is 8.63. The molecule has 0 aromatic heterocycles. The summed E-state index contributed by atoms with van der Waals surface area (Å²) in [6, 6.07) is 0. The Morgan fingerprint density at radius 2 is 2.09 bits per heavy atom. The smallest absolute Gasteiger partial charge is 0.303 e. The van der Waals surface area contributed by atoms with Crippen LogP contribution >= 0.6 is 25.3 Å². The van der Waals surface area contributed by atoms with E-state index in [1.165, 1.54) is 0 Å². The van der Waals surface area contributed by atoms with Crippen LogP contribution in [0.3, 0.4) is 0 Å². The molecule has 1 N–H and O–H groups in total. The number of carboxylic acid groups (broad SMARTS) is 1. The SMILES string of the molecule is O=C(O)CCC[C@@H](S)CCS. The van der Waals surface area contributed by atoms with Crippen LogP contribution in [0.1, 0.15) is 25.7 Å². The molecule has 66 valence electrons. The van der Waals surface area contributed by atoms with E-state index in [0.717, 1.165) is 25.0 Å². The molecule has 0 aliphatic heterocycles. The Hall–Kier alpha value is 0.170. The van der Waals surface area contributed by atoms with E-state index in [1.54, 1.807) is 0 Å². The van der Waals surface area contributed by atoms with Crippen LogP contribution in [0.25, 0.3) is 0 Å². The lowest BCUT2D eigenvalue weighted by Gasteiger charge is -2.06. The minimum Gasteiger partial charge on any atom is -0.481 e. The highest BCUT2D eigenvalue weighted by Crippen LogP contribution is 2.11. The molecule has 0 rings (SSSR count). The van der Waals surface area contributed by atoms with Gasteiger partial charge in [0.2, 0.25) is 0 Å². The van der Waals surface area contributed by atoms with Crippen LogP contribution in [0.2, 0.25) is 0 Å². The van der Waals surface area contributed by atoms with E-state index in [0.29, 0.717) is 5.25 Å². The van der Waals surface area contributed by atoms with Crippen molar-refractivity contribution >= 4 is 31.2 Å². The zero-order chi connectivity index (χ0) is 8.69. The molecule has 1 atom stereocenters. The maximum Gasteiger partial charge on any atom is 0.303 e. The number of carbonyl (C=O) groups is 1. The standard InChI is InChI=1S/C7H14O2S2/c8-7(9)3-1-2-6(11)4-5-10/h6,10-11H,1-5H2,(H,8,9)/t6-/m1/s1. The normalized spacial score (nSPS) is 12.9. The Morgan fingerprint density at radius 1 is 1.45 bits per heavy atom. The van der Waals surface area contributed by atoms with Crippen LogP contribution in [-0.4, -0.2) is 22.1 Å². The summed E-state index contributed by atoms with van der Waals surface area (Å²) in [5.41, 5.74) is 0. The van der Waals surface area contributed by atoms with Crippen LogP contribution < -0.4 is 0 Å².